The molecule has 8 nitrogen and oxygen atoms in total. The average Bonchev–Trinajstić information content (AvgIpc) is 3.44. The minimum atomic E-state index is -0.732. The number of carbonyl (C=O) groups excluding carboxylic acids is 2. The molecule has 206 valence electrons. The standard InChI is InChI=1S/C33H28N2O6/c1-38-32(36)29-30(34-35(31(29)33(37)39-2)26-16-10-5-11-17-26)25-18-27(40-21-23-12-6-3-7-13-23)20-28(19-25)41-22-24-14-8-4-9-15-24/h3-20H,21-22H2,1-2H3. The van der Waals surface area contributed by atoms with Crippen LogP contribution >= 0.6 is 0 Å². The highest BCUT2D eigenvalue weighted by Gasteiger charge is 2.31. The number of ether oxygens (including phenoxy) is 4. The van der Waals surface area contributed by atoms with Crippen LogP contribution in [0.2, 0.25) is 0 Å². The lowest BCUT2D eigenvalue weighted by molar-refractivity contribution is 0.0549. The van der Waals surface area contributed by atoms with E-state index in [4.69, 9.17) is 24.0 Å². The summed E-state index contributed by atoms with van der Waals surface area (Å²) in [5, 5.41) is 4.71. The third kappa shape index (κ3) is 6.28. The van der Waals surface area contributed by atoms with E-state index in [1.807, 2.05) is 78.9 Å². The maximum Gasteiger partial charge on any atom is 0.357 e. The van der Waals surface area contributed by atoms with Crippen molar-refractivity contribution >= 4 is 11.9 Å². The van der Waals surface area contributed by atoms with Crippen LogP contribution in [0.5, 0.6) is 11.5 Å². The molecule has 0 amide bonds. The van der Waals surface area contributed by atoms with E-state index in [1.165, 1.54) is 18.9 Å². The minimum Gasteiger partial charge on any atom is -0.489 e. The molecule has 0 aliphatic carbocycles. The van der Waals surface area contributed by atoms with E-state index in [2.05, 4.69) is 0 Å². The molecule has 0 aliphatic rings. The number of hydrogen-bond donors (Lipinski definition) is 0. The zero-order valence-corrected chi connectivity index (χ0v) is 22.7. The van der Waals surface area contributed by atoms with Crippen LogP contribution in [-0.4, -0.2) is 35.9 Å². The molecule has 1 heterocycles. The lowest BCUT2D eigenvalue weighted by atomic mass is 10.0. The van der Waals surface area contributed by atoms with Gasteiger partial charge in [-0.25, -0.2) is 14.3 Å². The van der Waals surface area contributed by atoms with Crippen LogP contribution in [0.3, 0.4) is 0 Å². The van der Waals surface area contributed by atoms with Gasteiger partial charge in [0.1, 0.15) is 36.0 Å². The van der Waals surface area contributed by atoms with Crippen molar-refractivity contribution in [2.24, 2.45) is 0 Å². The zero-order valence-electron chi connectivity index (χ0n) is 22.7. The van der Waals surface area contributed by atoms with Gasteiger partial charge in [-0.1, -0.05) is 78.9 Å². The lowest BCUT2D eigenvalue weighted by Gasteiger charge is -2.13. The number of benzene rings is 4. The van der Waals surface area contributed by atoms with Gasteiger partial charge in [-0.3, -0.25) is 0 Å². The van der Waals surface area contributed by atoms with Crippen molar-refractivity contribution in [2.45, 2.75) is 13.2 Å². The predicted octanol–water partition coefficient (Wildman–Crippen LogP) is 6.27. The molecule has 41 heavy (non-hydrogen) atoms. The molecular weight excluding hydrogens is 520 g/mol. The molecule has 0 N–H and O–H groups in total. The molecule has 8 heteroatoms. The van der Waals surface area contributed by atoms with Gasteiger partial charge in [-0.15, -0.1) is 0 Å². The second-order valence-corrected chi connectivity index (χ2v) is 9.04. The Morgan fingerprint density at radius 2 is 1.15 bits per heavy atom. The van der Waals surface area contributed by atoms with E-state index < -0.39 is 11.9 Å². The molecule has 1 aromatic heterocycles. The molecule has 4 aromatic carbocycles. The Hall–Kier alpha value is -5.37. The van der Waals surface area contributed by atoms with E-state index in [0.717, 1.165) is 11.1 Å². The molecule has 0 spiro atoms. The van der Waals surface area contributed by atoms with E-state index in [1.54, 1.807) is 30.3 Å². The highest BCUT2D eigenvalue weighted by molar-refractivity contribution is 6.07. The number of hydrogen-bond acceptors (Lipinski definition) is 7. The second kappa shape index (κ2) is 12.7. The first-order chi connectivity index (χ1) is 20.1. The number of para-hydroxylation sites is 1. The van der Waals surface area contributed by atoms with Crippen LogP contribution in [0, 0.1) is 0 Å². The number of methoxy groups -OCH3 is 2. The highest BCUT2D eigenvalue weighted by atomic mass is 16.5. The van der Waals surface area contributed by atoms with Gasteiger partial charge in [0.15, 0.2) is 5.69 Å². The molecule has 0 fully saturated rings. The molecular formula is C33H28N2O6. The lowest BCUT2D eigenvalue weighted by Crippen LogP contribution is -2.15. The van der Waals surface area contributed by atoms with Gasteiger partial charge < -0.3 is 18.9 Å². The van der Waals surface area contributed by atoms with Crippen LogP contribution < -0.4 is 9.47 Å². The van der Waals surface area contributed by atoms with Gasteiger partial charge in [-0.05, 0) is 35.4 Å². The number of esters is 2. The Kier molecular flexibility index (Phi) is 8.40. The molecule has 0 radical (unpaired) electrons. The summed E-state index contributed by atoms with van der Waals surface area (Å²) >= 11 is 0. The zero-order chi connectivity index (χ0) is 28.6. The van der Waals surface area contributed by atoms with Gasteiger partial charge in [0, 0.05) is 11.6 Å². The second-order valence-electron chi connectivity index (χ2n) is 9.04. The largest absolute Gasteiger partial charge is 0.489 e. The molecule has 0 atom stereocenters. The van der Waals surface area contributed by atoms with Crippen LogP contribution in [-0.2, 0) is 22.7 Å². The van der Waals surface area contributed by atoms with E-state index in [9.17, 15) is 9.59 Å². The smallest absolute Gasteiger partial charge is 0.357 e. The molecule has 0 unspecified atom stereocenters. The Balaban J connectivity index is 1.63. The van der Waals surface area contributed by atoms with Crippen LogP contribution in [0.15, 0.2) is 109 Å². The monoisotopic (exact) mass is 548 g/mol. The fraction of sp³-hybridized carbons (Fsp3) is 0.121. The fourth-order valence-corrected chi connectivity index (χ4v) is 4.31. The summed E-state index contributed by atoms with van der Waals surface area (Å²) in [7, 11) is 2.50. The van der Waals surface area contributed by atoms with Crippen molar-refractivity contribution in [1.29, 1.82) is 0 Å². The van der Waals surface area contributed by atoms with Crippen molar-refractivity contribution in [3.05, 3.63) is 132 Å². The summed E-state index contributed by atoms with van der Waals surface area (Å²) < 4.78 is 23.8. The van der Waals surface area contributed by atoms with Crippen LogP contribution in [0.1, 0.15) is 32.0 Å². The quantitative estimate of drug-likeness (QED) is 0.190. The Labute approximate surface area is 237 Å². The van der Waals surface area contributed by atoms with Crippen LogP contribution in [0.25, 0.3) is 16.9 Å². The van der Waals surface area contributed by atoms with Crippen molar-refractivity contribution in [3.8, 4) is 28.4 Å². The minimum absolute atomic E-state index is 0.0302. The number of nitrogens with zero attached hydrogens (tertiary/aromatic N) is 2. The predicted molar refractivity (Wildman–Crippen MR) is 153 cm³/mol. The van der Waals surface area contributed by atoms with Crippen LogP contribution in [0.4, 0.5) is 0 Å². The number of aromatic nitrogens is 2. The number of rotatable bonds is 10. The van der Waals surface area contributed by atoms with Gasteiger partial charge in [0.25, 0.3) is 0 Å². The Morgan fingerprint density at radius 3 is 1.63 bits per heavy atom. The van der Waals surface area contributed by atoms with Gasteiger partial charge in [0.2, 0.25) is 0 Å². The summed E-state index contributed by atoms with van der Waals surface area (Å²) in [6, 6.07) is 33.8. The molecule has 0 aliphatic heterocycles. The van der Waals surface area contributed by atoms with Crippen molar-refractivity contribution in [3.63, 3.8) is 0 Å². The first-order valence-electron chi connectivity index (χ1n) is 12.9. The molecule has 5 aromatic rings. The average molecular weight is 549 g/mol. The SMILES string of the molecule is COC(=O)c1c(-c2cc(OCc3ccccc3)cc(OCc3ccccc3)c2)nn(-c2ccccc2)c1C(=O)OC. The summed E-state index contributed by atoms with van der Waals surface area (Å²) in [6.07, 6.45) is 0. The Morgan fingerprint density at radius 1 is 0.659 bits per heavy atom. The van der Waals surface area contributed by atoms with E-state index in [0.29, 0.717) is 36.0 Å². The Bertz CT molecular complexity index is 1570. The summed E-state index contributed by atoms with van der Waals surface area (Å²) in [6.45, 7) is 0.635. The van der Waals surface area contributed by atoms with Crippen molar-refractivity contribution in [2.75, 3.05) is 14.2 Å². The molecule has 0 bridgehead atoms. The third-order valence-electron chi connectivity index (χ3n) is 6.30. The van der Waals surface area contributed by atoms with Gasteiger partial charge in [-0.2, -0.15) is 5.10 Å². The highest BCUT2D eigenvalue weighted by Crippen LogP contribution is 2.35. The third-order valence-corrected chi connectivity index (χ3v) is 6.30. The fourth-order valence-electron chi connectivity index (χ4n) is 4.31. The van der Waals surface area contributed by atoms with E-state index >= 15 is 0 Å². The molecule has 0 saturated heterocycles. The normalized spacial score (nSPS) is 10.6. The summed E-state index contributed by atoms with van der Waals surface area (Å²) in [5.41, 5.74) is 3.18. The molecule has 0 saturated carbocycles. The number of carbonyl (C=O) groups is 2. The van der Waals surface area contributed by atoms with Gasteiger partial charge in [0.05, 0.1) is 19.9 Å². The topological polar surface area (TPSA) is 88.9 Å². The first-order valence-corrected chi connectivity index (χ1v) is 12.9. The summed E-state index contributed by atoms with van der Waals surface area (Å²) in [4.78, 5) is 26.1. The maximum atomic E-state index is 13.1. The van der Waals surface area contributed by atoms with E-state index in [-0.39, 0.29) is 17.0 Å². The maximum absolute atomic E-state index is 13.1. The summed E-state index contributed by atoms with van der Waals surface area (Å²) in [5.74, 6) is -0.465. The van der Waals surface area contributed by atoms with Crippen molar-refractivity contribution in [1.82, 2.24) is 9.78 Å². The first kappa shape index (κ1) is 27.2. The van der Waals surface area contributed by atoms with Gasteiger partial charge >= 0.3 is 11.9 Å². The molecule has 5 rings (SSSR count). The van der Waals surface area contributed by atoms with Crippen molar-refractivity contribution < 1.29 is 28.5 Å².